The fourth-order valence-corrected chi connectivity index (χ4v) is 1.58. The third-order valence-corrected chi connectivity index (χ3v) is 2.50. The van der Waals surface area contributed by atoms with Gasteiger partial charge in [-0.05, 0) is 33.6 Å². The largest absolute Gasteiger partial charge is 0.464 e. The lowest BCUT2D eigenvalue weighted by molar-refractivity contribution is 0.0640. The Labute approximate surface area is 100 Å². The Morgan fingerprint density at radius 3 is 2.33 bits per heavy atom. The molecule has 0 unspecified atom stereocenters. The van der Waals surface area contributed by atoms with Crippen LogP contribution in [0.25, 0.3) is 0 Å². The number of nitrogens with zero attached hydrogens (tertiary/aromatic N) is 1. The highest BCUT2D eigenvalue weighted by molar-refractivity contribution is 9.09. The maximum Gasteiger partial charge on any atom is 0.422 e. The van der Waals surface area contributed by atoms with Gasteiger partial charge in [0.25, 0.3) is 0 Å². The lowest BCUT2D eigenvalue weighted by Crippen LogP contribution is -2.53. The molecule has 0 aromatic heterocycles. The highest BCUT2D eigenvalue weighted by Gasteiger charge is 2.25. The monoisotopic (exact) mass is 280 g/mol. The number of alkyl halides is 1. The summed E-state index contributed by atoms with van der Waals surface area (Å²) in [7, 11) is 0. The molecular weight excluding hydrogens is 260 g/mol. The van der Waals surface area contributed by atoms with Gasteiger partial charge in [0, 0.05) is 11.9 Å². The average molecular weight is 281 g/mol. The van der Waals surface area contributed by atoms with Gasteiger partial charge in [-0.3, -0.25) is 0 Å². The van der Waals surface area contributed by atoms with Crippen LogP contribution in [-0.4, -0.2) is 33.6 Å². The Balaban J connectivity index is 3.84. The zero-order chi connectivity index (χ0) is 11.9. The molecule has 0 aliphatic carbocycles. The lowest BCUT2D eigenvalue weighted by Gasteiger charge is -2.33. The first kappa shape index (κ1) is 14.7. The molecule has 15 heavy (non-hydrogen) atoms. The Kier molecular flexibility index (Phi) is 6.92. The Morgan fingerprint density at radius 2 is 1.93 bits per heavy atom. The molecule has 0 aromatic rings. The molecule has 2 N–H and O–H groups in total. The fourth-order valence-electron chi connectivity index (χ4n) is 1.18. The number of hydrazine groups is 1. The van der Waals surface area contributed by atoms with E-state index in [1.807, 2.05) is 20.8 Å². The molecule has 0 aliphatic heterocycles. The van der Waals surface area contributed by atoms with E-state index < -0.39 is 11.6 Å². The minimum absolute atomic E-state index is 0.402. The van der Waals surface area contributed by atoms with Gasteiger partial charge in [-0.1, -0.05) is 22.4 Å². The van der Waals surface area contributed by atoms with Crippen LogP contribution in [0.4, 0.5) is 4.79 Å². The quantitative estimate of drug-likeness (QED) is 0.447. The molecule has 0 heterocycles. The number of hydrogen-bond donors (Lipinski definition) is 2. The molecule has 0 atom stereocenters. The number of halogens is 1. The summed E-state index contributed by atoms with van der Waals surface area (Å²) in [4.78, 5) is 10.9. The van der Waals surface area contributed by atoms with Crippen LogP contribution in [0.1, 0.15) is 40.0 Å². The summed E-state index contributed by atoms with van der Waals surface area (Å²) in [5.41, 5.74) is 2.53. The second kappa shape index (κ2) is 7.06. The van der Waals surface area contributed by atoms with Gasteiger partial charge >= 0.3 is 6.09 Å². The summed E-state index contributed by atoms with van der Waals surface area (Å²) < 4.78 is 0. The number of nitrogens with one attached hydrogen (secondary N) is 1. The Bertz CT molecular complexity index is 192. The Morgan fingerprint density at radius 1 is 1.33 bits per heavy atom. The molecule has 0 saturated heterocycles. The molecule has 0 aliphatic rings. The molecule has 4 nitrogen and oxygen atoms in total. The summed E-state index contributed by atoms with van der Waals surface area (Å²) in [6.07, 6.45) is 2.30. The number of rotatable bonds is 6. The van der Waals surface area contributed by atoms with E-state index in [2.05, 4.69) is 21.4 Å². The normalized spacial score (nSPS) is 11.5. The smallest absolute Gasteiger partial charge is 0.422 e. The van der Waals surface area contributed by atoms with Crippen molar-refractivity contribution in [3.05, 3.63) is 0 Å². The van der Waals surface area contributed by atoms with E-state index in [-0.39, 0.29) is 0 Å². The van der Waals surface area contributed by atoms with Gasteiger partial charge < -0.3 is 5.11 Å². The van der Waals surface area contributed by atoms with Gasteiger partial charge in [-0.2, -0.15) is 0 Å². The molecule has 0 aromatic carbocycles. The number of unbranched alkanes of at least 4 members (excludes halogenated alkanes) is 2. The summed E-state index contributed by atoms with van der Waals surface area (Å²) in [6.45, 7) is 6.31. The van der Waals surface area contributed by atoms with Crippen molar-refractivity contribution in [3.63, 3.8) is 0 Å². The maximum absolute atomic E-state index is 10.9. The van der Waals surface area contributed by atoms with E-state index in [1.165, 1.54) is 5.01 Å². The van der Waals surface area contributed by atoms with Crippen LogP contribution in [0.15, 0.2) is 0 Å². The molecule has 0 saturated carbocycles. The van der Waals surface area contributed by atoms with Gasteiger partial charge in [-0.25, -0.2) is 15.2 Å². The van der Waals surface area contributed by atoms with E-state index in [4.69, 9.17) is 5.11 Å². The van der Waals surface area contributed by atoms with E-state index in [1.54, 1.807) is 0 Å². The molecule has 0 rings (SSSR count). The number of carbonyl (C=O) groups is 1. The first-order valence-corrected chi connectivity index (χ1v) is 6.34. The van der Waals surface area contributed by atoms with Gasteiger partial charge in [-0.15, -0.1) is 0 Å². The molecular formula is C10H21BrN2O2. The topological polar surface area (TPSA) is 52.6 Å². The highest BCUT2D eigenvalue weighted by atomic mass is 79.9. The predicted octanol–water partition coefficient (Wildman–Crippen LogP) is 2.83. The zero-order valence-electron chi connectivity index (χ0n) is 9.72. The minimum atomic E-state index is -0.928. The summed E-state index contributed by atoms with van der Waals surface area (Å²) in [5.74, 6) is 0. The van der Waals surface area contributed by atoms with E-state index in [0.29, 0.717) is 6.54 Å². The molecule has 0 fully saturated rings. The van der Waals surface area contributed by atoms with Crippen molar-refractivity contribution in [2.24, 2.45) is 0 Å². The van der Waals surface area contributed by atoms with E-state index in [0.717, 1.165) is 24.6 Å². The van der Waals surface area contributed by atoms with E-state index in [9.17, 15) is 4.79 Å². The molecule has 0 bridgehead atoms. The number of carboxylic acid groups (broad SMARTS) is 1. The minimum Gasteiger partial charge on any atom is -0.464 e. The van der Waals surface area contributed by atoms with E-state index >= 15 is 0 Å². The van der Waals surface area contributed by atoms with Crippen LogP contribution in [0.3, 0.4) is 0 Å². The van der Waals surface area contributed by atoms with Crippen LogP contribution in [0.5, 0.6) is 0 Å². The van der Waals surface area contributed by atoms with Crippen LogP contribution >= 0.6 is 15.9 Å². The zero-order valence-corrected chi connectivity index (χ0v) is 11.3. The van der Waals surface area contributed by atoms with Crippen molar-refractivity contribution < 1.29 is 9.90 Å². The van der Waals surface area contributed by atoms with Gasteiger partial charge in [0.1, 0.15) is 0 Å². The molecule has 1 amide bonds. The van der Waals surface area contributed by atoms with Crippen molar-refractivity contribution in [2.45, 2.75) is 45.6 Å². The average Bonchev–Trinajstić information content (AvgIpc) is 2.08. The summed E-state index contributed by atoms with van der Waals surface area (Å²) >= 11 is 3.36. The predicted molar refractivity (Wildman–Crippen MR) is 65.3 cm³/mol. The summed E-state index contributed by atoms with van der Waals surface area (Å²) in [5, 5.41) is 11.2. The second-order valence-corrected chi connectivity index (χ2v) is 5.24. The molecule has 90 valence electrons. The standard InChI is InChI=1S/C10H21BrN2O2/c1-10(2,3)13(9(14)15)12-8-6-4-5-7-11/h12H,4-8H2,1-3H3,(H,14,15). The van der Waals surface area contributed by atoms with Gasteiger partial charge in [0.15, 0.2) is 0 Å². The van der Waals surface area contributed by atoms with Crippen LogP contribution in [0, 0.1) is 0 Å². The van der Waals surface area contributed by atoms with Crippen molar-refractivity contribution in [1.29, 1.82) is 0 Å². The van der Waals surface area contributed by atoms with Gasteiger partial charge in [0.2, 0.25) is 0 Å². The first-order valence-electron chi connectivity index (χ1n) is 5.22. The third kappa shape index (κ3) is 6.73. The summed E-state index contributed by atoms with van der Waals surface area (Å²) in [6, 6.07) is 0. The van der Waals surface area contributed by atoms with Crippen LogP contribution < -0.4 is 5.43 Å². The van der Waals surface area contributed by atoms with Gasteiger partial charge in [0.05, 0.1) is 5.54 Å². The van der Waals surface area contributed by atoms with Crippen molar-refractivity contribution in [3.8, 4) is 0 Å². The fraction of sp³-hybridized carbons (Fsp3) is 0.900. The van der Waals surface area contributed by atoms with Crippen LogP contribution in [0.2, 0.25) is 0 Å². The Hall–Kier alpha value is -0.290. The third-order valence-electron chi connectivity index (χ3n) is 1.94. The van der Waals surface area contributed by atoms with Crippen molar-refractivity contribution in [2.75, 3.05) is 11.9 Å². The number of amides is 1. The first-order chi connectivity index (χ1) is 6.89. The van der Waals surface area contributed by atoms with Crippen molar-refractivity contribution in [1.82, 2.24) is 10.4 Å². The lowest BCUT2D eigenvalue weighted by atomic mass is 10.1. The maximum atomic E-state index is 10.9. The van der Waals surface area contributed by atoms with Crippen LogP contribution in [-0.2, 0) is 0 Å². The SMILES string of the molecule is CC(C)(C)N(NCCCCCBr)C(=O)O. The second-order valence-electron chi connectivity index (χ2n) is 4.45. The molecule has 0 radical (unpaired) electrons. The number of hydrogen-bond acceptors (Lipinski definition) is 2. The highest BCUT2D eigenvalue weighted by Crippen LogP contribution is 2.10. The molecule has 5 heteroatoms. The van der Waals surface area contributed by atoms with Crippen molar-refractivity contribution >= 4 is 22.0 Å². The molecule has 0 spiro atoms.